The Morgan fingerprint density at radius 3 is 1.67 bits per heavy atom. The highest BCUT2D eigenvalue weighted by Crippen LogP contribution is 2.39. The number of hydrogen-bond donors (Lipinski definition) is 0. The average Bonchev–Trinajstić information content (AvgIpc) is 3.52. The van der Waals surface area contributed by atoms with Crippen molar-refractivity contribution in [3.63, 3.8) is 0 Å². The lowest BCUT2D eigenvalue weighted by Gasteiger charge is -2.26. The number of hydrogen-bond acceptors (Lipinski definition) is 2. The molecule has 0 saturated heterocycles. The number of furan rings is 1. The molecule has 2 heteroatoms. The largest absolute Gasteiger partial charge is 0.455 e. The van der Waals surface area contributed by atoms with Crippen LogP contribution in [0, 0.1) is 0 Å². The Morgan fingerprint density at radius 2 is 0.891 bits per heavy atom. The van der Waals surface area contributed by atoms with E-state index >= 15 is 0 Å². The molecule has 9 rings (SSSR count). The molecule has 0 bridgehead atoms. The summed E-state index contributed by atoms with van der Waals surface area (Å²) in [4.78, 5) is 2.34. The minimum Gasteiger partial charge on any atom is -0.455 e. The highest BCUT2D eigenvalue weighted by atomic mass is 16.3. The molecule has 0 N–H and O–H groups in total. The standard InChI is InChI=1S/C44H29NO/c1-2-8-30(9-3-1)32-14-21-37(22-15-32)45(39-25-18-31-10-4-5-11-34(31)29-39)38-23-16-33(17-24-38)35-19-26-40-36(28-35)20-27-42-41-12-6-7-13-43(41)46-44(40)42/h1-29H. The van der Waals surface area contributed by atoms with Gasteiger partial charge >= 0.3 is 0 Å². The van der Waals surface area contributed by atoms with E-state index in [1.807, 2.05) is 12.1 Å². The molecular weight excluding hydrogens is 558 g/mol. The van der Waals surface area contributed by atoms with Crippen molar-refractivity contribution in [3.8, 4) is 22.3 Å². The van der Waals surface area contributed by atoms with E-state index in [1.165, 1.54) is 38.4 Å². The summed E-state index contributed by atoms with van der Waals surface area (Å²) >= 11 is 0. The first-order chi connectivity index (χ1) is 22.8. The Balaban J connectivity index is 1.10. The van der Waals surface area contributed by atoms with Gasteiger partial charge in [-0.2, -0.15) is 0 Å². The van der Waals surface area contributed by atoms with Crippen LogP contribution in [0.25, 0.3) is 65.7 Å². The van der Waals surface area contributed by atoms with Gasteiger partial charge in [0.2, 0.25) is 0 Å². The number of nitrogens with zero attached hydrogens (tertiary/aromatic N) is 1. The molecule has 0 aliphatic heterocycles. The van der Waals surface area contributed by atoms with Crippen LogP contribution in [-0.2, 0) is 0 Å². The first kappa shape index (κ1) is 26.3. The minimum atomic E-state index is 0.926. The summed E-state index contributed by atoms with van der Waals surface area (Å²) in [6.45, 7) is 0. The molecule has 0 radical (unpaired) electrons. The van der Waals surface area contributed by atoms with E-state index < -0.39 is 0 Å². The van der Waals surface area contributed by atoms with Crippen molar-refractivity contribution in [2.45, 2.75) is 0 Å². The van der Waals surface area contributed by atoms with Gasteiger partial charge in [-0.1, -0.05) is 115 Å². The van der Waals surface area contributed by atoms with Gasteiger partial charge in [-0.3, -0.25) is 0 Å². The first-order valence-corrected chi connectivity index (χ1v) is 15.7. The van der Waals surface area contributed by atoms with Gasteiger partial charge in [-0.25, -0.2) is 0 Å². The summed E-state index contributed by atoms with van der Waals surface area (Å²) < 4.78 is 6.29. The van der Waals surface area contributed by atoms with E-state index in [0.717, 1.165) is 44.4 Å². The summed E-state index contributed by atoms with van der Waals surface area (Å²) in [6, 6.07) is 62.8. The minimum absolute atomic E-state index is 0.926. The fourth-order valence-electron chi connectivity index (χ4n) is 6.69. The first-order valence-electron chi connectivity index (χ1n) is 15.7. The molecule has 46 heavy (non-hydrogen) atoms. The molecule has 2 nitrogen and oxygen atoms in total. The van der Waals surface area contributed by atoms with Crippen LogP contribution in [0.3, 0.4) is 0 Å². The lowest BCUT2D eigenvalue weighted by atomic mass is 9.99. The van der Waals surface area contributed by atoms with Crippen LogP contribution in [0.5, 0.6) is 0 Å². The zero-order valence-corrected chi connectivity index (χ0v) is 25.1. The zero-order valence-electron chi connectivity index (χ0n) is 25.1. The molecule has 216 valence electrons. The smallest absolute Gasteiger partial charge is 0.143 e. The number of para-hydroxylation sites is 1. The van der Waals surface area contributed by atoms with Gasteiger partial charge in [0.25, 0.3) is 0 Å². The van der Waals surface area contributed by atoms with Gasteiger partial charge in [-0.15, -0.1) is 0 Å². The normalized spacial score (nSPS) is 11.5. The maximum Gasteiger partial charge on any atom is 0.143 e. The number of fused-ring (bicyclic) bond motifs is 6. The van der Waals surface area contributed by atoms with Gasteiger partial charge in [0.15, 0.2) is 0 Å². The van der Waals surface area contributed by atoms with Gasteiger partial charge in [0.05, 0.1) is 0 Å². The molecule has 0 unspecified atom stereocenters. The fourth-order valence-corrected chi connectivity index (χ4v) is 6.69. The Kier molecular flexibility index (Phi) is 6.17. The van der Waals surface area contributed by atoms with Crippen molar-refractivity contribution in [1.82, 2.24) is 0 Å². The molecular formula is C44H29NO. The number of benzene rings is 8. The molecule has 0 spiro atoms. The van der Waals surface area contributed by atoms with Crippen LogP contribution in [0.15, 0.2) is 180 Å². The van der Waals surface area contributed by atoms with Crippen molar-refractivity contribution in [1.29, 1.82) is 0 Å². The summed E-state index contributed by atoms with van der Waals surface area (Å²) in [5.41, 5.74) is 9.99. The number of anilines is 3. The van der Waals surface area contributed by atoms with Gasteiger partial charge in [0, 0.05) is 33.2 Å². The summed E-state index contributed by atoms with van der Waals surface area (Å²) in [6.07, 6.45) is 0. The predicted octanol–water partition coefficient (Wildman–Crippen LogP) is 12.7. The molecule has 0 amide bonds. The van der Waals surface area contributed by atoms with Crippen LogP contribution in [0.4, 0.5) is 17.1 Å². The second-order valence-electron chi connectivity index (χ2n) is 11.8. The van der Waals surface area contributed by atoms with Crippen LogP contribution in [0.2, 0.25) is 0 Å². The Labute approximate surface area is 267 Å². The van der Waals surface area contributed by atoms with E-state index in [9.17, 15) is 0 Å². The Morgan fingerprint density at radius 1 is 0.326 bits per heavy atom. The zero-order chi connectivity index (χ0) is 30.5. The van der Waals surface area contributed by atoms with Crippen molar-refractivity contribution in [3.05, 3.63) is 176 Å². The van der Waals surface area contributed by atoms with Crippen molar-refractivity contribution in [2.24, 2.45) is 0 Å². The lowest BCUT2D eigenvalue weighted by Crippen LogP contribution is -2.09. The maximum absolute atomic E-state index is 6.29. The van der Waals surface area contributed by atoms with Crippen molar-refractivity contribution in [2.75, 3.05) is 4.90 Å². The molecule has 0 atom stereocenters. The maximum atomic E-state index is 6.29. The average molecular weight is 588 g/mol. The van der Waals surface area contributed by atoms with Gasteiger partial charge in [0.1, 0.15) is 11.2 Å². The monoisotopic (exact) mass is 587 g/mol. The van der Waals surface area contributed by atoms with E-state index in [0.29, 0.717) is 0 Å². The summed E-state index contributed by atoms with van der Waals surface area (Å²) in [5.74, 6) is 0. The van der Waals surface area contributed by atoms with Gasteiger partial charge < -0.3 is 9.32 Å². The van der Waals surface area contributed by atoms with E-state index in [-0.39, 0.29) is 0 Å². The SMILES string of the molecule is c1ccc(-c2ccc(N(c3ccc(-c4ccc5c(ccc6c7ccccc7oc56)c4)cc3)c3ccc4ccccc4c3)cc2)cc1. The number of rotatable bonds is 5. The molecule has 0 fully saturated rings. The molecule has 1 aromatic heterocycles. The van der Waals surface area contributed by atoms with E-state index in [4.69, 9.17) is 4.42 Å². The second-order valence-corrected chi connectivity index (χ2v) is 11.8. The van der Waals surface area contributed by atoms with Crippen molar-refractivity contribution < 1.29 is 4.42 Å². The third kappa shape index (κ3) is 4.51. The Bertz CT molecular complexity index is 2510. The summed E-state index contributed by atoms with van der Waals surface area (Å²) in [7, 11) is 0. The molecule has 0 saturated carbocycles. The second kappa shape index (κ2) is 10.8. The lowest BCUT2D eigenvalue weighted by molar-refractivity contribution is 0.672. The van der Waals surface area contributed by atoms with E-state index in [2.05, 4.69) is 169 Å². The highest BCUT2D eigenvalue weighted by Gasteiger charge is 2.15. The van der Waals surface area contributed by atoms with Crippen LogP contribution in [-0.4, -0.2) is 0 Å². The quantitative estimate of drug-likeness (QED) is 0.199. The van der Waals surface area contributed by atoms with Crippen LogP contribution in [0.1, 0.15) is 0 Å². The molecule has 9 aromatic rings. The molecule has 0 aliphatic rings. The molecule has 8 aromatic carbocycles. The third-order valence-electron chi connectivity index (χ3n) is 9.04. The van der Waals surface area contributed by atoms with Gasteiger partial charge in [-0.05, 0) is 99.1 Å². The summed E-state index contributed by atoms with van der Waals surface area (Å²) in [5, 5.41) is 7.07. The van der Waals surface area contributed by atoms with Crippen LogP contribution < -0.4 is 4.90 Å². The third-order valence-corrected chi connectivity index (χ3v) is 9.04. The Hall–Kier alpha value is -6.12. The van der Waals surface area contributed by atoms with Crippen LogP contribution >= 0.6 is 0 Å². The molecule has 1 heterocycles. The topological polar surface area (TPSA) is 16.4 Å². The highest BCUT2D eigenvalue weighted by molar-refractivity contribution is 6.15. The fraction of sp³-hybridized carbons (Fsp3) is 0. The predicted molar refractivity (Wildman–Crippen MR) is 194 cm³/mol. The van der Waals surface area contributed by atoms with Crippen molar-refractivity contribution >= 4 is 60.5 Å². The van der Waals surface area contributed by atoms with E-state index in [1.54, 1.807) is 0 Å². The molecule has 0 aliphatic carbocycles.